The molecule has 218 valence electrons. The van der Waals surface area contributed by atoms with Crippen LogP contribution in [0.25, 0.3) is 11.3 Å². The van der Waals surface area contributed by atoms with Crippen LogP contribution in [0.4, 0.5) is 4.79 Å². The van der Waals surface area contributed by atoms with E-state index in [4.69, 9.17) is 9.84 Å². The van der Waals surface area contributed by atoms with Crippen molar-refractivity contribution in [3.8, 4) is 0 Å². The van der Waals surface area contributed by atoms with Crippen molar-refractivity contribution in [2.24, 2.45) is 0 Å². The molecular formula is C33H42N4O4. The van der Waals surface area contributed by atoms with Gasteiger partial charge in [-0.15, -0.1) is 0 Å². The predicted octanol–water partition coefficient (Wildman–Crippen LogP) is 6.74. The van der Waals surface area contributed by atoms with Crippen molar-refractivity contribution in [1.82, 2.24) is 19.6 Å². The maximum atomic E-state index is 12.8. The fourth-order valence-electron chi connectivity index (χ4n) is 5.04. The van der Waals surface area contributed by atoms with Crippen molar-refractivity contribution in [2.75, 3.05) is 19.6 Å². The number of carbonyl (C=O) groups excluding carboxylic acids is 1. The number of carboxylic acids is 1. The number of likely N-dealkylation sites (tertiary alicyclic amines) is 1. The van der Waals surface area contributed by atoms with Crippen LogP contribution >= 0.6 is 0 Å². The van der Waals surface area contributed by atoms with Gasteiger partial charge in [-0.25, -0.2) is 14.3 Å². The van der Waals surface area contributed by atoms with Crippen molar-refractivity contribution in [3.05, 3.63) is 103 Å². The van der Waals surface area contributed by atoms with Gasteiger partial charge in [-0.1, -0.05) is 55.7 Å². The van der Waals surface area contributed by atoms with Crippen molar-refractivity contribution in [3.63, 3.8) is 0 Å². The SMILES string of the molecule is C=CC=CC(=CC)c1nn(C(C)=CC=CC)cc1CN1CCCC2(CC1)CN(C(=C)C=CC(=CC)C(=O)O)C(=O)O2. The van der Waals surface area contributed by atoms with E-state index in [9.17, 15) is 14.7 Å². The molecule has 1 aromatic heterocycles. The average Bonchev–Trinajstić information content (AvgIpc) is 3.45. The number of hydrogen-bond acceptors (Lipinski definition) is 5. The summed E-state index contributed by atoms with van der Waals surface area (Å²) < 4.78 is 7.88. The molecule has 0 bridgehead atoms. The molecule has 0 aromatic carbocycles. The van der Waals surface area contributed by atoms with E-state index >= 15 is 0 Å². The van der Waals surface area contributed by atoms with Crippen molar-refractivity contribution in [1.29, 1.82) is 0 Å². The smallest absolute Gasteiger partial charge is 0.415 e. The Balaban J connectivity index is 1.77. The van der Waals surface area contributed by atoms with Gasteiger partial charge in [0.2, 0.25) is 0 Å². The van der Waals surface area contributed by atoms with Crippen LogP contribution in [0.3, 0.4) is 0 Å². The molecule has 2 saturated heterocycles. The number of carbonyl (C=O) groups is 2. The van der Waals surface area contributed by atoms with Crippen LogP contribution in [-0.4, -0.2) is 62.0 Å². The Morgan fingerprint density at radius 1 is 1.15 bits per heavy atom. The van der Waals surface area contributed by atoms with Crippen LogP contribution in [0.5, 0.6) is 0 Å². The topological polar surface area (TPSA) is 87.9 Å². The highest BCUT2D eigenvalue weighted by Gasteiger charge is 2.46. The average molecular weight is 559 g/mol. The molecule has 2 aliphatic rings. The van der Waals surface area contributed by atoms with Crippen LogP contribution in [0.1, 0.15) is 58.2 Å². The van der Waals surface area contributed by atoms with E-state index in [0.717, 1.165) is 55.0 Å². The minimum Gasteiger partial charge on any atom is -0.478 e. The van der Waals surface area contributed by atoms with E-state index in [2.05, 4.69) is 30.3 Å². The third-order valence-electron chi connectivity index (χ3n) is 7.39. The molecule has 3 heterocycles. The molecule has 2 fully saturated rings. The predicted molar refractivity (Wildman–Crippen MR) is 165 cm³/mol. The highest BCUT2D eigenvalue weighted by atomic mass is 16.6. The second-order valence-electron chi connectivity index (χ2n) is 10.3. The van der Waals surface area contributed by atoms with Gasteiger partial charge in [0.25, 0.3) is 0 Å². The van der Waals surface area contributed by atoms with Crippen molar-refractivity contribution < 1.29 is 19.4 Å². The number of nitrogens with zero attached hydrogens (tertiary/aromatic N) is 4. The van der Waals surface area contributed by atoms with E-state index in [0.29, 0.717) is 18.7 Å². The van der Waals surface area contributed by atoms with E-state index in [1.54, 1.807) is 19.1 Å². The second-order valence-corrected chi connectivity index (χ2v) is 10.3. The lowest BCUT2D eigenvalue weighted by Crippen LogP contribution is -2.35. The number of aromatic nitrogens is 2. The Bertz CT molecular complexity index is 1340. The minimum absolute atomic E-state index is 0.134. The molecule has 0 radical (unpaired) electrons. The molecule has 1 unspecified atom stereocenters. The molecule has 1 aromatic rings. The first-order valence-corrected chi connectivity index (χ1v) is 14.0. The van der Waals surface area contributed by atoms with Gasteiger partial charge in [-0.05, 0) is 70.9 Å². The fraction of sp³-hybridized carbons (Fsp3) is 0.364. The Kier molecular flexibility index (Phi) is 11.1. The molecule has 3 rings (SSSR count). The summed E-state index contributed by atoms with van der Waals surface area (Å²) in [5, 5.41) is 14.2. The summed E-state index contributed by atoms with van der Waals surface area (Å²) in [6.45, 7) is 18.2. The van der Waals surface area contributed by atoms with Crippen LogP contribution in [0.2, 0.25) is 0 Å². The zero-order chi connectivity index (χ0) is 30.0. The van der Waals surface area contributed by atoms with Gasteiger partial charge in [0.05, 0.1) is 17.8 Å². The number of aliphatic carboxylic acids is 1. The number of rotatable bonds is 11. The highest BCUT2D eigenvalue weighted by molar-refractivity contribution is 5.89. The molecule has 0 aliphatic carbocycles. The zero-order valence-electron chi connectivity index (χ0n) is 24.7. The molecule has 8 nitrogen and oxygen atoms in total. The standard InChI is InChI=1S/C33H42N4O4/c1-7-11-14-26(6)37-23-29(30(34-37)27(9-3)15-12-8-2)22-35-20-13-18-33(19-21-35)24-36(32(40)41-33)25(5)16-17-28(10-4)31(38)39/h7-12,14-17,23H,2,5,13,18-22,24H2,1,3-4,6H3,(H,38,39). The first-order valence-electron chi connectivity index (χ1n) is 14.0. The molecule has 41 heavy (non-hydrogen) atoms. The number of allylic oxidation sites excluding steroid dienone is 11. The van der Waals surface area contributed by atoms with Crippen LogP contribution in [0, 0.1) is 0 Å². The number of amides is 1. The van der Waals surface area contributed by atoms with Gasteiger partial charge in [-0.2, -0.15) is 5.10 Å². The van der Waals surface area contributed by atoms with Crippen molar-refractivity contribution >= 4 is 23.3 Å². The van der Waals surface area contributed by atoms with E-state index < -0.39 is 17.7 Å². The first kappa shape index (κ1) is 31.4. The number of hydrogen-bond donors (Lipinski definition) is 1. The molecular weight excluding hydrogens is 516 g/mol. The molecule has 1 N–H and O–H groups in total. The molecule has 2 aliphatic heterocycles. The Morgan fingerprint density at radius 3 is 2.59 bits per heavy atom. The molecule has 8 heteroatoms. The quantitative estimate of drug-likeness (QED) is 0.239. The second kappa shape index (κ2) is 14.5. The molecule has 0 saturated carbocycles. The minimum atomic E-state index is -1.03. The Morgan fingerprint density at radius 2 is 1.93 bits per heavy atom. The maximum Gasteiger partial charge on any atom is 0.415 e. The Hall–Kier alpha value is -4.17. The molecule has 1 atom stereocenters. The summed E-state index contributed by atoms with van der Waals surface area (Å²) in [6.07, 6.45) is 22.3. The monoisotopic (exact) mass is 558 g/mol. The fourth-order valence-corrected chi connectivity index (χ4v) is 5.04. The lowest BCUT2D eigenvalue weighted by atomic mass is 9.95. The normalized spacial score (nSPS) is 21.4. The lowest BCUT2D eigenvalue weighted by Gasteiger charge is -2.25. The highest BCUT2D eigenvalue weighted by Crippen LogP contribution is 2.35. The van der Waals surface area contributed by atoms with E-state index in [-0.39, 0.29) is 5.57 Å². The van der Waals surface area contributed by atoms with Gasteiger partial charge in [0, 0.05) is 42.7 Å². The largest absolute Gasteiger partial charge is 0.478 e. The lowest BCUT2D eigenvalue weighted by molar-refractivity contribution is -0.132. The van der Waals surface area contributed by atoms with Crippen LogP contribution < -0.4 is 0 Å². The zero-order valence-corrected chi connectivity index (χ0v) is 24.7. The van der Waals surface area contributed by atoms with Gasteiger partial charge in [0.15, 0.2) is 0 Å². The summed E-state index contributed by atoms with van der Waals surface area (Å²) in [4.78, 5) is 28.0. The summed E-state index contributed by atoms with van der Waals surface area (Å²) in [5.74, 6) is -1.03. The summed E-state index contributed by atoms with van der Waals surface area (Å²) in [7, 11) is 0. The van der Waals surface area contributed by atoms with E-state index in [1.165, 1.54) is 17.1 Å². The number of ether oxygens (including phenoxy) is 1. The molecule has 1 amide bonds. The van der Waals surface area contributed by atoms with Gasteiger partial charge in [0.1, 0.15) is 5.60 Å². The summed E-state index contributed by atoms with van der Waals surface area (Å²) >= 11 is 0. The van der Waals surface area contributed by atoms with Gasteiger partial charge < -0.3 is 9.84 Å². The molecule has 1 spiro atoms. The third-order valence-corrected chi connectivity index (χ3v) is 7.39. The number of carboxylic acid groups (broad SMARTS) is 1. The Labute approximate surface area is 243 Å². The van der Waals surface area contributed by atoms with Crippen LogP contribution in [-0.2, 0) is 16.1 Å². The van der Waals surface area contributed by atoms with Crippen molar-refractivity contribution in [2.45, 2.75) is 59.1 Å². The van der Waals surface area contributed by atoms with E-state index in [1.807, 2.05) is 55.8 Å². The summed E-state index contributed by atoms with van der Waals surface area (Å²) in [5.41, 5.74) is 4.05. The van der Waals surface area contributed by atoms with Crippen LogP contribution in [0.15, 0.2) is 91.4 Å². The van der Waals surface area contributed by atoms with Gasteiger partial charge in [-0.3, -0.25) is 9.80 Å². The summed E-state index contributed by atoms with van der Waals surface area (Å²) in [6, 6.07) is 0. The first-order chi connectivity index (χ1) is 19.7. The third kappa shape index (κ3) is 7.95. The van der Waals surface area contributed by atoms with Gasteiger partial charge >= 0.3 is 12.1 Å². The maximum absolute atomic E-state index is 12.8.